The smallest absolute Gasteiger partial charge is 0.278 e. The Morgan fingerprint density at radius 1 is 1.00 bits per heavy atom. The number of imide groups is 1. The standard InChI is InChI=1S/C23H22N4O4/c1-2-13-26-22(28)20(16-5-9-19(10-6-16)27(30)31)21(23(26)29)24-17-7-11-18(12-8-17)25-14-3-4-15-25/h2,5-12,24H,1,3-4,13-15H2. The molecule has 158 valence electrons. The first-order valence-corrected chi connectivity index (χ1v) is 10.1. The van der Waals surface area contributed by atoms with Crippen molar-refractivity contribution >= 4 is 34.4 Å². The second-order valence-electron chi connectivity index (χ2n) is 7.43. The minimum absolute atomic E-state index is 0.0766. The normalized spacial score (nSPS) is 16.3. The van der Waals surface area contributed by atoms with Gasteiger partial charge in [-0.25, -0.2) is 0 Å². The van der Waals surface area contributed by atoms with Crippen molar-refractivity contribution in [3.8, 4) is 0 Å². The Hall–Kier alpha value is -3.94. The summed E-state index contributed by atoms with van der Waals surface area (Å²) in [6.07, 6.45) is 3.85. The van der Waals surface area contributed by atoms with Crippen LogP contribution in [-0.2, 0) is 9.59 Å². The van der Waals surface area contributed by atoms with Gasteiger partial charge in [0.2, 0.25) is 0 Å². The van der Waals surface area contributed by atoms with E-state index in [2.05, 4.69) is 16.8 Å². The molecule has 0 atom stereocenters. The topological polar surface area (TPSA) is 95.8 Å². The van der Waals surface area contributed by atoms with Gasteiger partial charge < -0.3 is 10.2 Å². The van der Waals surface area contributed by atoms with Crippen molar-refractivity contribution < 1.29 is 14.5 Å². The van der Waals surface area contributed by atoms with Crippen LogP contribution in [0, 0.1) is 10.1 Å². The van der Waals surface area contributed by atoms with Crippen LogP contribution < -0.4 is 10.2 Å². The van der Waals surface area contributed by atoms with Crippen LogP contribution in [0.4, 0.5) is 17.1 Å². The predicted octanol–water partition coefficient (Wildman–Crippen LogP) is 3.57. The van der Waals surface area contributed by atoms with Crippen molar-refractivity contribution in [1.29, 1.82) is 0 Å². The highest BCUT2D eigenvalue weighted by Gasteiger charge is 2.38. The number of carbonyl (C=O) groups excluding carboxylic acids is 2. The van der Waals surface area contributed by atoms with Gasteiger partial charge in [-0.15, -0.1) is 6.58 Å². The van der Waals surface area contributed by atoms with Crippen LogP contribution in [0.25, 0.3) is 5.57 Å². The van der Waals surface area contributed by atoms with Gasteiger partial charge in [0.25, 0.3) is 17.5 Å². The van der Waals surface area contributed by atoms with E-state index in [0.29, 0.717) is 11.3 Å². The van der Waals surface area contributed by atoms with Crippen LogP contribution in [0.1, 0.15) is 18.4 Å². The van der Waals surface area contributed by atoms with Gasteiger partial charge in [-0.05, 0) is 54.8 Å². The summed E-state index contributed by atoms with van der Waals surface area (Å²) in [5, 5.41) is 14.0. The molecule has 2 aromatic rings. The summed E-state index contributed by atoms with van der Waals surface area (Å²) in [4.78, 5) is 39.8. The Morgan fingerprint density at radius 3 is 2.23 bits per heavy atom. The molecule has 0 saturated carbocycles. The lowest BCUT2D eigenvalue weighted by Gasteiger charge is -2.18. The first-order valence-electron chi connectivity index (χ1n) is 10.1. The number of nitro groups is 1. The maximum absolute atomic E-state index is 13.0. The first-order chi connectivity index (χ1) is 15.0. The molecule has 0 aliphatic carbocycles. The van der Waals surface area contributed by atoms with Crippen molar-refractivity contribution in [3.05, 3.63) is 82.6 Å². The van der Waals surface area contributed by atoms with Crippen molar-refractivity contribution in [1.82, 2.24) is 4.90 Å². The largest absolute Gasteiger partial charge is 0.372 e. The number of benzene rings is 2. The maximum atomic E-state index is 13.0. The lowest BCUT2D eigenvalue weighted by atomic mass is 10.0. The van der Waals surface area contributed by atoms with E-state index in [9.17, 15) is 19.7 Å². The van der Waals surface area contributed by atoms with Crippen LogP contribution in [0.5, 0.6) is 0 Å². The molecule has 0 bridgehead atoms. The zero-order valence-corrected chi connectivity index (χ0v) is 16.9. The quantitative estimate of drug-likeness (QED) is 0.320. The average Bonchev–Trinajstić information content (AvgIpc) is 3.38. The molecule has 4 rings (SSSR count). The SMILES string of the molecule is C=CCN1C(=O)C(Nc2ccc(N3CCCC3)cc2)=C(c2ccc([N+](=O)[O-])cc2)C1=O. The second-order valence-corrected chi connectivity index (χ2v) is 7.43. The molecule has 31 heavy (non-hydrogen) atoms. The number of carbonyl (C=O) groups is 2. The number of nitrogens with one attached hydrogen (secondary N) is 1. The number of hydrogen-bond donors (Lipinski definition) is 1. The Bertz CT molecular complexity index is 1070. The highest BCUT2D eigenvalue weighted by Crippen LogP contribution is 2.32. The molecule has 1 saturated heterocycles. The van der Waals surface area contributed by atoms with Gasteiger partial charge in [0, 0.05) is 43.1 Å². The minimum atomic E-state index is -0.509. The number of anilines is 2. The second kappa shape index (κ2) is 8.43. The number of rotatable bonds is 7. The molecule has 2 aromatic carbocycles. The zero-order chi connectivity index (χ0) is 22.0. The van der Waals surface area contributed by atoms with E-state index in [-0.39, 0.29) is 23.5 Å². The Labute approximate surface area is 179 Å². The van der Waals surface area contributed by atoms with Gasteiger partial charge in [0.15, 0.2) is 0 Å². The summed E-state index contributed by atoms with van der Waals surface area (Å²) < 4.78 is 0. The number of non-ortho nitro benzene ring substituents is 1. The van der Waals surface area contributed by atoms with Gasteiger partial charge in [0.1, 0.15) is 5.70 Å². The Balaban J connectivity index is 1.67. The van der Waals surface area contributed by atoms with Crippen LogP contribution in [0.15, 0.2) is 66.9 Å². The third kappa shape index (κ3) is 3.92. The number of nitrogens with zero attached hydrogens (tertiary/aromatic N) is 3. The summed E-state index contributed by atoms with van der Waals surface area (Å²) in [6, 6.07) is 13.3. The molecule has 1 fully saturated rings. The third-order valence-electron chi connectivity index (χ3n) is 5.45. The fourth-order valence-electron chi connectivity index (χ4n) is 3.88. The van der Waals surface area contributed by atoms with E-state index >= 15 is 0 Å². The summed E-state index contributed by atoms with van der Waals surface area (Å²) in [5.74, 6) is -0.920. The average molecular weight is 418 g/mol. The summed E-state index contributed by atoms with van der Waals surface area (Å²) in [6.45, 7) is 5.76. The first kappa shape index (κ1) is 20.3. The molecule has 8 nitrogen and oxygen atoms in total. The van der Waals surface area contributed by atoms with E-state index in [1.165, 1.54) is 43.2 Å². The molecule has 2 heterocycles. The van der Waals surface area contributed by atoms with Gasteiger partial charge >= 0.3 is 0 Å². The van der Waals surface area contributed by atoms with Crippen molar-refractivity contribution in [2.45, 2.75) is 12.8 Å². The fraction of sp³-hybridized carbons (Fsp3) is 0.217. The summed E-state index contributed by atoms with van der Waals surface area (Å²) in [7, 11) is 0. The van der Waals surface area contributed by atoms with Crippen LogP contribution in [-0.4, -0.2) is 41.3 Å². The van der Waals surface area contributed by atoms with Crippen LogP contribution in [0.3, 0.4) is 0 Å². The fourth-order valence-corrected chi connectivity index (χ4v) is 3.88. The maximum Gasteiger partial charge on any atom is 0.278 e. The van der Waals surface area contributed by atoms with Gasteiger partial charge in [-0.1, -0.05) is 6.08 Å². The third-order valence-corrected chi connectivity index (χ3v) is 5.45. The van der Waals surface area contributed by atoms with E-state index in [0.717, 1.165) is 23.7 Å². The molecule has 2 amide bonds. The number of amides is 2. The molecule has 8 heteroatoms. The Morgan fingerprint density at radius 2 is 1.65 bits per heavy atom. The summed E-state index contributed by atoms with van der Waals surface area (Å²) in [5.41, 5.74) is 2.48. The van der Waals surface area contributed by atoms with Crippen molar-refractivity contribution in [3.63, 3.8) is 0 Å². The predicted molar refractivity (Wildman–Crippen MR) is 118 cm³/mol. The summed E-state index contributed by atoms with van der Waals surface area (Å²) >= 11 is 0. The minimum Gasteiger partial charge on any atom is -0.372 e. The highest BCUT2D eigenvalue weighted by molar-refractivity contribution is 6.36. The lowest BCUT2D eigenvalue weighted by molar-refractivity contribution is -0.384. The number of nitro benzene ring substituents is 1. The molecule has 0 unspecified atom stereocenters. The van der Waals surface area contributed by atoms with Crippen LogP contribution >= 0.6 is 0 Å². The van der Waals surface area contributed by atoms with Gasteiger partial charge in [0.05, 0.1) is 10.5 Å². The molecule has 1 N–H and O–H groups in total. The molecular formula is C23H22N4O4. The van der Waals surface area contributed by atoms with E-state index in [1.54, 1.807) is 0 Å². The molecule has 2 aliphatic rings. The molecular weight excluding hydrogens is 396 g/mol. The monoisotopic (exact) mass is 418 g/mol. The lowest BCUT2D eigenvalue weighted by Crippen LogP contribution is -2.32. The van der Waals surface area contributed by atoms with Gasteiger partial charge in [-0.3, -0.25) is 24.6 Å². The zero-order valence-electron chi connectivity index (χ0n) is 16.9. The van der Waals surface area contributed by atoms with E-state index in [4.69, 9.17) is 0 Å². The molecule has 0 radical (unpaired) electrons. The Kier molecular flexibility index (Phi) is 5.53. The number of hydrogen-bond acceptors (Lipinski definition) is 6. The van der Waals surface area contributed by atoms with E-state index < -0.39 is 16.7 Å². The van der Waals surface area contributed by atoms with Crippen LogP contribution in [0.2, 0.25) is 0 Å². The van der Waals surface area contributed by atoms with E-state index in [1.807, 2.05) is 24.3 Å². The van der Waals surface area contributed by atoms with Crippen molar-refractivity contribution in [2.75, 3.05) is 29.9 Å². The molecule has 0 aromatic heterocycles. The highest BCUT2D eigenvalue weighted by atomic mass is 16.6. The van der Waals surface area contributed by atoms with Gasteiger partial charge in [-0.2, -0.15) is 0 Å². The molecule has 2 aliphatic heterocycles. The van der Waals surface area contributed by atoms with Crippen molar-refractivity contribution in [2.24, 2.45) is 0 Å². The molecule has 0 spiro atoms.